The topological polar surface area (TPSA) is 55.6 Å². The molecule has 0 aromatic carbocycles. The fourth-order valence-corrected chi connectivity index (χ4v) is 3.41. The molecule has 0 aromatic rings. The third-order valence-corrected chi connectivity index (χ3v) is 4.26. The maximum absolute atomic E-state index is 12.6. The van der Waals surface area contributed by atoms with Crippen LogP contribution in [0.25, 0.3) is 0 Å². The summed E-state index contributed by atoms with van der Waals surface area (Å²) >= 11 is 0. The van der Waals surface area contributed by atoms with Gasteiger partial charge in [-0.3, -0.25) is 4.79 Å². The second-order valence-electron chi connectivity index (χ2n) is 5.89. The van der Waals surface area contributed by atoms with E-state index in [9.17, 15) is 4.79 Å². The van der Waals surface area contributed by atoms with Gasteiger partial charge in [0.1, 0.15) is 0 Å². The standard InChI is InChI=1S/C14H26N2O2/c1-10-8-16(9-11(2)18-10)14(17)13-6-4-3-5-12(13)7-15/h10-13H,3-9,15H2,1-2H3/t10-,11+,12?,13?. The molecule has 0 radical (unpaired) electrons. The summed E-state index contributed by atoms with van der Waals surface area (Å²) in [7, 11) is 0. The van der Waals surface area contributed by atoms with Crippen molar-refractivity contribution in [3.63, 3.8) is 0 Å². The van der Waals surface area contributed by atoms with E-state index in [4.69, 9.17) is 10.5 Å². The Bertz CT molecular complexity index is 286. The summed E-state index contributed by atoms with van der Waals surface area (Å²) in [6.45, 7) is 6.19. The number of hydrogen-bond donors (Lipinski definition) is 1. The van der Waals surface area contributed by atoms with Gasteiger partial charge in [-0.05, 0) is 39.2 Å². The van der Waals surface area contributed by atoms with Gasteiger partial charge in [0.15, 0.2) is 0 Å². The molecule has 18 heavy (non-hydrogen) atoms. The molecule has 2 aliphatic rings. The number of rotatable bonds is 2. The van der Waals surface area contributed by atoms with E-state index in [0.717, 1.165) is 25.9 Å². The van der Waals surface area contributed by atoms with Crippen LogP contribution in [0.15, 0.2) is 0 Å². The molecule has 1 amide bonds. The second kappa shape index (κ2) is 6.02. The number of morpholine rings is 1. The summed E-state index contributed by atoms with van der Waals surface area (Å²) in [6, 6.07) is 0. The zero-order valence-corrected chi connectivity index (χ0v) is 11.6. The number of hydrogen-bond acceptors (Lipinski definition) is 3. The highest BCUT2D eigenvalue weighted by atomic mass is 16.5. The van der Waals surface area contributed by atoms with Gasteiger partial charge < -0.3 is 15.4 Å². The van der Waals surface area contributed by atoms with Crippen molar-refractivity contribution in [1.29, 1.82) is 0 Å². The highest BCUT2D eigenvalue weighted by molar-refractivity contribution is 5.79. The van der Waals surface area contributed by atoms with Gasteiger partial charge in [0.2, 0.25) is 5.91 Å². The maximum Gasteiger partial charge on any atom is 0.226 e. The van der Waals surface area contributed by atoms with E-state index >= 15 is 0 Å². The van der Waals surface area contributed by atoms with Crippen molar-refractivity contribution in [3.05, 3.63) is 0 Å². The zero-order chi connectivity index (χ0) is 13.1. The van der Waals surface area contributed by atoms with Crippen molar-refractivity contribution in [2.75, 3.05) is 19.6 Å². The van der Waals surface area contributed by atoms with Gasteiger partial charge in [-0.25, -0.2) is 0 Å². The summed E-state index contributed by atoms with van der Waals surface area (Å²) in [6.07, 6.45) is 4.82. The number of carbonyl (C=O) groups excluding carboxylic acids is 1. The van der Waals surface area contributed by atoms with Crippen LogP contribution in [0.5, 0.6) is 0 Å². The monoisotopic (exact) mass is 254 g/mol. The Balaban J connectivity index is 2.00. The minimum atomic E-state index is 0.151. The molecule has 2 N–H and O–H groups in total. The van der Waals surface area contributed by atoms with Crippen LogP contribution in [0.2, 0.25) is 0 Å². The lowest BCUT2D eigenvalue weighted by atomic mass is 9.78. The van der Waals surface area contributed by atoms with E-state index in [2.05, 4.69) is 0 Å². The maximum atomic E-state index is 12.6. The molecule has 1 aliphatic carbocycles. The molecule has 4 nitrogen and oxygen atoms in total. The van der Waals surface area contributed by atoms with Crippen LogP contribution in [0.3, 0.4) is 0 Å². The molecule has 0 spiro atoms. The van der Waals surface area contributed by atoms with E-state index in [-0.39, 0.29) is 18.1 Å². The van der Waals surface area contributed by atoms with Crippen LogP contribution >= 0.6 is 0 Å². The van der Waals surface area contributed by atoms with Crippen LogP contribution in [-0.4, -0.2) is 42.6 Å². The van der Waals surface area contributed by atoms with E-state index in [1.54, 1.807) is 0 Å². The van der Waals surface area contributed by atoms with Crippen molar-refractivity contribution >= 4 is 5.91 Å². The SMILES string of the molecule is C[C@@H]1CN(C(=O)C2CCCCC2CN)C[C@H](C)O1. The lowest BCUT2D eigenvalue weighted by Gasteiger charge is -2.39. The predicted molar refractivity (Wildman–Crippen MR) is 71.1 cm³/mol. The Hall–Kier alpha value is -0.610. The summed E-state index contributed by atoms with van der Waals surface area (Å²) in [4.78, 5) is 14.6. The molecule has 2 rings (SSSR count). The molecule has 4 heteroatoms. The molecule has 0 aromatic heterocycles. The number of amides is 1. The lowest BCUT2D eigenvalue weighted by Crippen LogP contribution is -2.51. The van der Waals surface area contributed by atoms with Crippen LogP contribution < -0.4 is 5.73 Å². The van der Waals surface area contributed by atoms with Gasteiger partial charge in [0, 0.05) is 19.0 Å². The molecule has 104 valence electrons. The fourth-order valence-electron chi connectivity index (χ4n) is 3.41. The van der Waals surface area contributed by atoms with Crippen LogP contribution in [-0.2, 0) is 9.53 Å². The third-order valence-electron chi connectivity index (χ3n) is 4.26. The third kappa shape index (κ3) is 3.04. The van der Waals surface area contributed by atoms with Crippen molar-refractivity contribution in [3.8, 4) is 0 Å². The van der Waals surface area contributed by atoms with Gasteiger partial charge in [-0.1, -0.05) is 12.8 Å². The molecule has 1 saturated carbocycles. The average molecular weight is 254 g/mol. The summed E-state index contributed by atoms with van der Waals surface area (Å²) in [5, 5.41) is 0. The average Bonchev–Trinajstić information content (AvgIpc) is 2.36. The predicted octanol–water partition coefficient (Wildman–Crippen LogP) is 1.39. The van der Waals surface area contributed by atoms with E-state index in [1.807, 2.05) is 18.7 Å². The van der Waals surface area contributed by atoms with Gasteiger partial charge in [-0.15, -0.1) is 0 Å². The molecule has 0 bridgehead atoms. The number of carbonyl (C=O) groups is 1. The Morgan fingerprint density at radius 2 is 1.83 bits per heavy atom. The van der Waals surface area contributed by atoms with Gasteiger partial charge >= 0.3 is 0 Å². The highest BCUT2D eigenvalue weighted by Crippen LogP contribution is 2.31. The first kappa shape index (κ1) is 13.8. The van der Waals surface area contributed by atoms with Gasteiger partial charge in [-0.2, -0.15) is 0 Å². The van der Waals surface area contributed by atoms with Crippen LogP contribution in [0.4, 0.5) is 0 Å². The molecule has 1 aliphatic heterocycles. The smallest absolute Gasteiger partial charge is 0.226 e. The van der Waals surface area contributed by atoms with Crippen LogP contribution in [0.1, 0.15) is 39.5 Å². The van der Waals surface area contributed by atoms with Crippen LogP contribution in [0, 0.1) is 11.8 Å². The fraction of sp³-hybridized carbons (Fsp3) is 0.929. The quantitative estimate of drug-likeness (QED) is 0.810. The van der Waals surface area contributed by atoms with E-state index in [0.29, 0.717) is 18.4 Å². The van der Waals surface area contributed by atoms with Gasteiger partial charge in [0.05, 0.1) is 12.2 Å². The molecule has 2 unspecified atom stereocenters. The first-order valence-electron chi connectivity index (χ1n) is 7.26. The Morgan fingerprint density at radius 3 is 2.44 bits per heavy atom. The molecule has 1 saturated heterocycles. The molecular weight excluding hydrogens is 228 g/mol. The summed E-state index contributed by atoms with van der Waals surface area (Å²) in [5.41, 5.74) is 5.82. The Labute approximate surface area is 110 Å². The zero-order valence-electron chi connectivity index (χ0n) is 11.6. The Kier molecular flexibility index (Phi) is 4.62. The van der Waals surface area contributed by atoms with Crippen molar-refractivity contribution < 1.29 is 9.53 Å². The Morgan fingerprint density at radius 1 is 1.22 bits per heavy atom. The summed E-state index contributed by atoms with van der Waals surface area (Å²) in [5.74, 6) is 0.855. The van der Waals surface area contributed by atoms with Crippen molar-refractivity contribution in [1.82, 2.24) is 4.90 Å². The normalized spacial score (nSPS) is 37.6. The molecule has 1 heterocycles. The van der Waals surface area contributed by atoms with E-state index < -0.39 is 0 Å². The first-order chi connectivity index (χ1) is 8.61. The van der Waals surface area contributed by atoms with Gasteiger partial charge in [0.25, 0.3) is 0 Å². The molecule has 2 fully saturated rings. The minimum absolute atomic E-state index is 0.151. The lowest BCUT2D eigenvalue weighted by molar-refractivity contribution is -0.150. The first-order valence-corrected chi connectivity index (χ1v) is 7.26. The molecule has 4 atom stereocenters. The number of ether oxygens (including phenoxy) is 1. The largest absolute Gasteiger partial charge is 0.372 e. The minimum Gasteiger partial charge on any atom is -0.372 e. The summed E-state index contributed by atoms with van der Waals surface area (Å²) < 4.78 is 5.69. The van der Waals surface area contributed by atoms with Crippen molar-refractivity contribution in [2.24, 2.45) is 17.6 Å². The van der Waals surface area contributed by atoms with Crippen molar-refractivity contribution in [2.45, 2.75) is 51.7 Å². The number of nitrogens with two attached hydrogens (primary N) is 1. The molecular formula is C14H26N2O2. The second-order valence-corrected chi connectivity index (χ2v) is 5.89. The van der Waals surface area contributed by atoms with E-state index in [1.165, 1.54) is 12.8 Å². The highest BCUT2D eigenvalue weighted by Gasteiger charge is 2.35. The number of nitrogens with zero attached hydrogens (tertiary/aromatic N) is 1.